The van der Waals surface area contributed by atoms with Gasteiger partial charge >= 0.3 is 0 Å². The summed E-state index contributed by atoms with van der Waals surface area (Å²) in [5.74, 6) is 2.19. The zero-order valence-corrected chi connectivity index (χ0v) is 20.6. The van der Waals surface area contributed by atoms with Crippen LogP contribution in [0.2, 0.25) is 0 Å². The van der Waals surface area contributed by atoms with E-state index in [9.17, 15) is 4.79 Å². The lowest BCUT2D eigenvalue weighted by molar-refractivity contribution is 0.111. The Morgan fingerprint density at radius 1 is 1.33 bits per heavy atom. The van der Waals surface area contributed by atoms with Gasteiger partial charge in [-0.25, -0.2) is 4.98 Å². The van der Waals surface area contributed by atoms with Crippen molar-refractivity contribution >= 4 is 29.3 Å². The summed E-state index contributed by atoms with van der Waals surface area (Å²) in [5.41, 5.74) is 6.17. The van der Waals surface area contributed by atoms with Gasteiger partial charge in [0, 0.05) is 30.6 Å². The number of hydrogen-bond acceptors (Lipinski definition) is 6. The number of imidazole rings is 1. The average molecular weight is 466 g/mol. The Hall–Kier alpha value is -2.56. The quantitative estimate of drug-likeness (QED) is 0.538. The molecule has 2 heterocycles. The molecule has 2 N–H and O–H groups in total. The van der Waals surface area contributed by atoms with Crippen LogP contribution >= 0.6 is 11.8 Å². The number of carbonyl (C=O) groups excluding carboxylic acids is 1. The van der Waals surface area contributed by atoms with Gasteiger partial charge in [0.15, 0.2) is 12.1 Å². The monoisotopic (exact) mass is 465 g/mol. The van der Waals surface area contributed by atoms with Crippen molar-refractivity contribution in [1.29, 1.82) is 5.26 Å². The Morgan fingerprint density at radius 2 is 2.15 bits per heavy atom. The first-order valence-electron chi connectivity index (χ1n) is 11.8. The van der Waals surface area contributed by atoms with E-state index < -0.39 is 0 Å². The fraction of sp³-hybridized carbons (Fsp3) is 0.500. The van der Waals surface area contributed by atoms with Gasteiger partial charge < -0.3 is 15.2 Å². The lowest BCUT2D eigenvalue weighted by Crippen LogP contribution is -2.34. The maximum absolute atomic E-state index is 9.93. The molecule has 176 valence electrons. The number of nitrogens with one attached hydrogen (secondary N) is 2. The summed E-state index contributed by atoms with van der Waals surface area (Å²) in [4.78, 5) is 18.6. The molecule has 2 aliphatic rings. The minimum Gasteiger partial charge on any atom is -0.388 e. The minimum atomic E-state index is 0.187. The average Bonchev–Trinajstić information content (AvgIpc) is 3.37. The number of H-pyrrole nitrogens is 1. The van der Waals surface area contributed by atoms with Gasteiger partial charge in [0.05, 0.1) is 6.20 Å². The predicted octanol–water partition coefficient (Wildman–Crippen LogP) is 5.32. The minimum absolute atomic E-state index is 0.187. The number of nitriles is 1. The molecular weight excluding hydrogens is 430 g/mol. The molecule has 0 radical (unpaired) electrons. The van der Waals surface area contributed by atoms with Crippen LogP contribution in [0.5, 0.6) is 0 Å². The number of rotatable bonds is 7. The van der Waals surface area contributed by atoms with Crippen LogP contribution in [0.4, 0.5) is 5.69 Å². The molecule has 1 aromatic heterocycles. The molecule has 0 saturated carbocycles. The summed E-state index contributed by atoms with van der Waals surface area (Å²) in [6, 6.07) is 8.96. The zero-order valence-electron chi connectivity index (χ0n) is 19.8. The Kier molecular flexibility index (Phi) is 10.0. The number of thioether (sulfide) groups is 1. The number of carbonyl (C=O) groups is 1. The second-order valence-electron chi connectivity index (χ2n) is 8.55. The van der Waals surface area contributed by atoms with Gasteiger partial charge in [0.25, 0.3) is 0 Å². The molecule has 4 rings (SSSR count). The van der Waals surface area contributed by atoms with Gasteiger partial charge in [-0.05, 0) is 87.1 Å². The smallest absolute Gasteiger partial charge is 0.185 e. The van der Waals surface area contributed by atoms with Gasteiger partial charge in [0.1, 0.15) is 11.8 Å². The van der Waals surface area contributed by atoms with E-state index in [4.69, 9.17) is 5.26 Å². The van der Waals surface area contributed by atoms with Gasteiger partial charge in [-0.1, -0.05) is 12.1 Å². The molecule has 2 aromatic rings. The number of aromatic nitrogens is 2. The molecule has 0 amide bonds. The fourth-order valence-electron chi connectivity index (χ4n) is 4.55. The molecule has 1 fully saturated rings. The summed E-state index contributed by atoms with van der Waals surface area (Å²) < 4.78 is 0. The van der Waals surface area contributed by atoms with Crippen LogP contribution < -0.4 is 5.32 Å². The summed E-state index contributed by atoms with van der Waals surface area (Å²) in [7, 11) is 2.05. The Balaban J connectivity index is 0.000000286. The van der Waals surface area contributed by atoms with Crippen molar-refractivity contribution in [2.24, 2.45) is 0 Å². The van der Waals surface area contributed by atoms with Crippen molar-refractivity contribution in [2.45, 2.75) is 44.4 Å². The van der Waals surface area contributed by atoms with E-state index in [1.54, 1.807) is 17.2 Å². The maximum Gasteiger partial charge on any atom is 0.185 e. The molecule has 0 spiro atoms. The second kappa shape index (κ2) is 13.2. The number of piperidine rings is 1. The van der Waals surface area contributed by atoms with Gasteiger partial charge in [-0.3, -0.25) is 4.79 Å². The van der Waals surface area contributed by atoms with Gasteiger partial charge in [-0.2, -0.15) is 17.0 Å². The lowest BCUT2D eigenvalue weighted by Gasteiger charge is -2.32. The van der Waals surface area contributed by atoms with Crippen LogP contribution in [-0.2, 0) is 0 Å². The molecule has 6 nitrogen and oxygen atoms in total. The number of likely N-dealkylation sites (tertiary alicyclic amines) is 1. The molecule has 1 aromatic carbocycles. The number of nitrogens with zero attached hydrogens (tertiary/aromatic N) is 3. The van der Waals surface area contributed by atoms with Crippen LogP contribution in [0.3, 0.4) is 0 Å². The molecule has 0 atom stereocenters. The van der Waals surface area contributed by atoms with E-state index in [0.29, 0.717) is 12.0 Å². The molecule has 33 heavy (non-hydrogen) atoms. The highest BCUT2D eigenvalue weighted by atomic mass is 32.2. The molecule has 0 unspecified atom stereocenters. The largest absolute Gasteiger partial charge is 0.388 e. The van der Waals surface area contributed by atoms with Crippen molar-refractivity contribution < 1.29 is 4.79 Å². The van der Waals surface area contributed by atoms with E-state index in [1.165, 1.54) is 81.4 Å². The van der Waals surface area contributed by atoms with E-state index >= 15 is 0 Å². The predicted molar refractivity (Wildman–Crippen MR) is 138 cm³/mol. The van der Waals surface area contributed by atoms with Crippen molar-refractivity contribution in [2.75, 3.05) is 44.0 Å². The van der Waals surface area contributed by atoms with Crippen molar-refractivity contribution in [1.82, 2.24) is 14.9 Å². The highest BCUT2D eigenvalue weighted by molar-refractivity contribution is 7.98. The third-order valence-electron chi connectivity index (χ3n) is 6.45. The standard InChI is InChI=1S/C21H32N2S.C5H3N3O/c1-22-21-9-8-19(16-20(21)18-6-4-3-5-7-18)17-10-12-23(13-11-17)14-15-24-2;6-1-4-2-7-5(3-9)8-4/h6,8-9,16-17,22H,3-5,7,10-15H2,1-2H3;2-3H,(H,7,8). The molecule has 1 aliphatic heterocycles. The van der Waals surface area contributed by atoms with Gasteiger partial charge in [0.2, 0.25) is 0 Å². The van der Waals surface area contributed by atoms with Crippen LogP contribution in [-0.4, -0.2) is 59.8 Å². The van der Waals surface area contributed by atoms with Crippen LogP contribution in [0.25, 0.3) is 5.57 Å². The van der Waals surface area contributed by atoms with E-state index in [2.05, 4.69) is 50.7 Å². The third-order valence-corrected chi connectivity index (χ3v) is 7.04. The topological polar surface area (TPSA) is 84.8 Å². The van der Waals surface area contributed by atoms with Crippen molar-refractivity contribution in [3.63, 3.8) is 0 Å². The molecule has 1 saturated heterocycles. The molecule has 7 heteroatoms. The number of hydrogen-bond donors (Lipinski definition) is 2. The number of aromatic amines is 1. The van der Waals surface area contributed by atoms with E-state index in [0.717, 1.165) is 5.92 Å². The summed E-state index contributed by atoms with van der Waals surface area (Å²) in [6.45, 7) is 3.78. The first-order chi connectivity index (χ1) is 16.2. The number of benzene rings is 1. The molecular formula is C26H35N5OS. The normalized spacial score (nSPS) is 16.8. The summed E-state index contributed by atoms with van der Waals surface area (Å²) in [5, 5.41) is 11.6. The SMILES string of the molecule is CNc1ccc(C2CCN(CCSC)CC2)cc1C1=CCCCC1.N#Cc1cnc(C=O)[nH]1. The Bertz CT molecular complexity index is 969. The van der Waals surface area contributed by atoms with Gasteiger partial charge in [-0.15, -0.1) is 0 Å². The number of aldehydes is 1. The van der Waals surface area contributed by atoms with Crippen LogP contribution in [0.15, 0.2) is 30.5 Å². The lowest BCUT2D eigenvalue weighted by atomic mass is 9.85. The fourth-order valence-corrected chi connectivity index (χ4v) is 4.99. The molecule has 1 aliphatic carbocycles. The molecule has 0 bridgehead atoms. The second-order valence-corrected chi connectivity index (χ2v) is 9.54. The number of anilines is 1. The zero-order chi connectivity index (χ0) is 23.5. The van der Waals surface area contributed by atoms with Crippen LogP contribution in [0, 0.1) is 11.3 Å². The van der Waals surface area contributed by atoms with E-state index in [-0.39, 0.29) is 5.82 Å². The first kappa shape index (κ1) is 25.1. The van der Waals surface area contributed by atoms with E-state index in [1.807, 2.05) is 18.8 Å². The van der Waals surface area contributed by atoms with Crippen LogP contribution in [0.1, 0.15) is 71.9 Å². The Labute approximate surface area is 201 Å². The third kappa shape index (κ3) is 7.21. The Morgan fingerprint density at radius 3 is 2.73 bits per heavy atom. The van der Waals surface area contributed by atoms with Crippen molar-refractivity contribution in [3.8, 4) is 6.07 Å². The summed E-state index contributed by atoms with van der Waals surface area (Å²) in [6.07, 6.45) is 14.3. The first-order valence-corrected chi connectivity index (χ1v) is 13.2. The highest BCUT2D eigenvalue weighted by Crippen LogP contribution is 2.36. The number of allylic oxidation sites excluding steroid dienone is 2. The maximum atomic E-state index is 9.93. The summed E-state index contributed by atoms with van der Waals surface area (Å²) >= 11 is 1.96. The highest BCUT2D eigenvalue weighted by Gasteiger charge is 2.21. The van der Waals surface area contributed by atoms with Crippen molar-refractivity contribution in [3.05, 3.63) is 53.1 Å².